The van der Waals surface area contributed by atoms with Crippen LogP contribution in [-0.4, -0.2) is 20.6 Å². The van der Waals surface area contributed by atoms with Crippen molar-refractivity contribution in [3.8, 4) is 0 Å². The number of sulfone groups is 1. The quantitative estimate of drug-likeness (QED) is 0.883. The minimum absolute atomic E-state index is 0.102. The van der Waals surface area contributed by atoms with Crippen LogP contribution in [0.2, 0.25) is 0 Å². The van der Waals surface area contributed by atoms with E-state index >= 15 is 0 Å². The lowest BCUT2D eigenvalue weighted by Crippen LogP contribution is -2.13. The van der Waals surface area contributed by atoms with Gasteiger partial charge in [0.05, 0.1) is 4.90 Å². The lowest BCUT2D eigenvalue weighted by atomic mass is 10.1. The van der Waals surface area contributed by atoms with Crippen molar-refractivity contribution in [1.82, 2.24) is 0 Å². The Morgan fingerprint density at radius 3 is 2.43 bits per heavy atom. The highest BCUT2D eigenvalue weighted by Gasteiger charge is 2.11. The highest BCUT2D eigenvalue weighted by atomic mass is 32.2. The van der Waals surface area contributed by atoms with Crippen molar-refractivity contribution in [1.29, 1.82) is 0 Å². The number of hydrogen-bond acceptors (Lipinski definition) is 3. The third-order valence-electron chi connectivity index (χ3n) is 3.62. The molecule has 0 atom stereocenters. The van der Waals surface area contributed by atoms with E-state index in [0.717, 1.165) is 24.7 Å². The Hall–Kier alpha value is -2.14. The van der Waals surface area contributed by atoms with E-state index in [4.69, 9.17) is 0 Å². The second-order valence-electron chi connectivity index (χ2n) is 5.64. The Bertz CT molecular complexity index is 783. The summed E-state index contributed by atoms with van der Waals surface area (Å²) in [5.74, 6) is -0.102. The maximum Gasteiger partial charge on any atom is 0.224 e. The van der Waals surface area contributed by atoms with E-state index in [2.05, 4.69) is 5.32 Å². The number of carbonyl (C=O) groups is 1. The molecule has 2 aromatic rings. The van der Waals surface area contributed by atoms with Crippen molar-refractivity contribution in [3.05, 3.63) is 59.7 Å². The molecule has 0 heterocycles. The molecule has 0 saturated carbocycles. The molecular weight excluding hydrogens is 310 g/mol. The predicted octanol–water partition coefficient (Wildman–Crippen LogP) is 3.36. The van der Waals surface area contributed by atoms with E-state index in [1.165, 1.54) is 11.6 Å². The van der Waals surface area contributed by atoms with Crippen molar-refractivity contribution in [3.63, 3.8) is 0 Å². The van der Waals surface area contributed by atoms with Gasteiger partial charge in [0.15, 0.2) is 9.84 Å². The average Bonchev–Trinajstić information content (AvgIpc) is 2.49. The van der Waals surface area contributed by atoms with Crippen molar-refractivity contribution < 1.29 is 13.2 Å². The van der Waals surface area contributed by atoms with Gasteiger partial charge in [-0.15, -0.1) is 0 Å². The maximum absolute atomic E-state index is 12.1. The van der Waals surface area contributed by atoms with Gasteiger partial charge in [0.2, 0.25) is 5.91 Å². The van der Waals surface area contributed by atoms with Crippen LogP contribution < -0.4 is 5.32 Å². The van der Waals surface area contributed by atoms with Gasteiger partial charge in [0, 0.05) is 18.4 Å². The van der Waals surface area contributed by atoms with Crippen LogP contribution in [0.25, 0.3) is 0 Å². The molecular formula is C18H21NO3S. The Balaban J connectivity index is 1.95. The van der Waals surface area contributed by atoms with Crippen LogP contribution in [0.1, 0.15) is 24.0 Å². The third kappa shape index (κ3) is 5.21. The van der Waals surface area contributed by atoms with E-state index in [1.54, 1.807) is 12.1 Å². The van der Waals surface area contributed by atoms with Gasteiger partial charge in [-0.25, -0.2) is 8.42 Å². The molecule has 1 amide bonds. The highest BCUT2D eigenvalue weighted by molar-refractivity contribution is 7.90. The fourth-order valence-electron chi connectivity index (χ4n) is 2.28. The first-order valence-electron chi connectivity index (χ1n) is 7.51. The first kappa shape index (κ1) is 17.2. The minimum atomic E-state index is -3.28. The van der Waals surface area contributed by atoms with Crippen molar-refractivity contribution >= 4 is 21.4 Å². The zero-order chi connectivity index (χ0) is 16.9. The molecule has 1 N–H and O–H groups in total. The third-order valence-corrected chi connectivity index (χ3v) is 4.73. The van der Waals surface area contributed by atoms with Gasteiger partial charge >= 0.3 is 0 Å². The summed E-state index contributed by atoms with van der Waals surface area (Å²) in [6.07, 6.45) is 3.15. The number of benzene rings is 2. The molecule has 0 aliphatic heterocycles. The molecule has 0 aromatic heterocycles. The molecule has 0 bridgehead atoms. The molecule has 0 spiro atoms. The van der Waals surface area contributed by atoms with Crippen LogP contribution in [0.15, 0.2) is 53.4 Å². The molecule has 0 aliphatic rings. The van der Waals surface area contributed by atoms with E-state index in [9.17, 15) is 13.2 Å². The number of hydrogen-bond donors (Lipinski definition) is 1. The fourth-order valence-corrected chi connectivity index (χ4v) is 2.92. The molecule has 2 aromatic carbocycles. The molecule has 0 radical (unpaired) electrons. The molecule has 0 aliphatic carbocycles. The van der Waals surface area contributed by atoms with Gasteiger partial charge in [-0.1, -0.05) is 36.4 Å². The smallest absolute Gasteiger partial charge is 0.224 e. The van der Waals surface area contributed by atoms with E-state index in [0.29, 0.717) is 12.1 Å². The summed E-state index contributed by atoms with van der Waals surface area (Å²) in [6.45, 7) is 1.84. The summed E-state index contributed by atoms with van der Waals surface area (Å²) in [4.78, 5) is 12.3. The molecule has 122 valence electrons. The van der Waals surface area contributed by atoms with Crippen molar-refractivity contribution in [2.45, 2.75) is 31.1 Å². The number of aryl methyl sites for hydroxylation is 2. The number of anilines is 1. The van der Waals surface area contributed by atoms with Gasteiger partial charge in [-0.2, -0.15) is 0 Å². The molecule has 2 rings (SSSR count). The first-order valence-corrected chi connectivity index (χ1v) is 9.40. The lowest BCUT2D eigenvalue weighted by Gasteiger charge is -2.10. The van der Waals surface area contributed by atoms with Crippen LogP contribution in [0.5, 0.6) is 0 Å². The molecule has 0 unspecified atom stereocenters. The molecule has 23 heavy (non-hydrogen) atoms. The van der Waals surface area contributed by atoms with E-state index < -0.39 is 9.84 Å². The Labute approximate surface area is 137 Å². The van der Waals surface area contributed by atoms with Crippen LogP contribution in [-0.2, 0) is 21.1 Å². The highest BCUT2D eigenvalue weighted by Crippen LogP contribution is 2.20. The van der Waals surface area contributed by atoms with E-state index in [1.807, 2.05) is 37.3 Å². The van der Waals surface area contributed by atoms with Crippen molar-refractivity contribution in [2.75, 3.05) is 11.6 Å². The zero-order valence-corrected chi connectivity index (χ0v) is 14.2. The Kier molecular flexibility index (Phi) is 5.55. The van der Waals surface area contributed by atoms with Crippen molar-refractivity contribution in [2.24, 2.45) is 0 Å². The van der Waals surface area contributed by atoms with Gasteiger partial charge in [-0.05, 0) is 43.0 Å². The second kappa shape index (κ2) is 7.42. The summed E-state index contributed by atoms with van der Waals surface area (Å²) in [6, 6.07) is 14.8. The normalized spacial score (nSPS) is 11.2. The molecule has 4 nitrogen and oxygen atoms in total. The summed E-state index contributed by atoms with van der Waals surface area (Å²) in [7, 11) is -3.28. The average molecular weight is 331 g/mol. The fraction of sp³-hybridized carbons (Fsp3) is 0.278. The minimum Gasteiger partial charge on any atom is -0.326 e. The zero-order valence-electron chi connectivity index (χ0n) is 13.4. The van der Waals surface area contributed by atoms with Gasteiger partial charge in [-0.3, -0.25) is 4.79 Å². The summed E-state index contributed by atoms with van der Waals surface area (Å²) < 4.78 is 23.2. The standard InChI is InChI=1S/C18H21NO3S/c1-14-11-12-16(23(2,21)22)13-17(14)19-18(20)10-6-9-15-7-4-3-5-8-15/h3-5,7-8,11-13H,6,9-10H2,1-2H3,(H,19,20). The molecule has 0 fully saturated rings. The summed E-state index contributed by atoms with van der Waals surface area (Å²) >= 11 is 0. The predicted molar refractivity (Wildman–Crippen MR) is 92.3 cm³/mol. The molecule has 0 saturated heterocycles. The summed E-state index contributed by atoms with van der Waals surface area (Å²) in [5.41, 5.74) is 2.60. The van der Waals surface area contributed by atoms with Gasteiger partial charge < -0.3 is 5.32 Å². The van der Waals surface area contributed by atoms with Gasteiger partial charge in [0.25, 0.3) is 0 Å². The van der Waals surface area contributed by atoms with Crippen LogP contribution in [0, 0.1) is 6.92 Å². The lowest BCUT2D eigenvalue weighted by molar-refractivity contribution is -0.116. The van der Waals surface area contributed by atoms with Gasteiger partial charge in [0.1, 0.15) is 0 Å². The van der Waals surface area contributed by atoms with Crippen LogP contribution >= 0.6 is 0 Å². The topological polar surface area (TPSA) is 63.2 Å². The summed E-state index contributed by atoms with van der Waals surface area (Å²) in [5, 5.41) is 2.81. The SMILES string of the molecule is Cc1ccc(S(C)(=O)=O)cc1NC(=O)CCCc1ccccc1. The number of amides is 1. The van der Waals surface area contributed by atoms with E-state index in [-0.39, 0.29) is 10.8 Å². The largest absolute Gasteiger partial charge is 0.326 e. The Morgan fingerprint density at radius 1 is 1.09 bits per heavy atom. The number of rotatable bonds is 6. The Morgan fingerprint density at radius 2 is 1.78 bits per heavy atom. The second-order valence-corrected chi connectivity index (χ2v) is 7.65. The molecule has 5 heteroatoms. The van der Waals surface area contributed by atoms with Crippen LogP contribution in [0.3, 0.4) is 0 Å². The first-order chi connectivity index (χ1) is 10.9. The van der Waals surface area contributed by atoms with Crippen LogP contribution in [0.4, 0.5) is 5.69 Å². The number of carbonyl (C=O) groups excluding carboxylic acids is 1. The monoisotopic (exact) mass is 331 g/mol. The maximum atomic E-state index is 12.1. The number of nitrogens with one attached hydrogen (secondary N) is 1.